The Balaban J connectivity index is 4.29. The first-order valence-electron chi connectivity index (χ1n) is 33.9. The highest BCUT2D eigenvalue weighted by Crippen LogP contribution is 2.18. The fraction of sp³-hybridized carbons (Fsp3) is 0.792. The van der Waals surface area contributed by atoms with Crippen LogP contribution in [-0.2, 0) is 28.6 Å². The number of carbonyl (C=O) groups is 3. The molecule has 0 saturated carbocycles. The Labute approximate surface area is 484 Å². The van der Waals surface area contributed by atoms with Gasteiger partial charge >= 0.3 is 17.9 Å². The van der Waals surface area contributed by atoms with Gasteiger partial charge in [-0.2, -0.15) is 0 Å². The van der Waals surface area contributed by atoms with Crippen molar-refractivity contribution in [3.8, 4) is 0 Å². The Morgan fingerprint density at radius 2 is 0.500 bits per heavy atom. The SMILES string of the molecule is CC/C=C\C/C=C\C/C=C\C/C=C\C/C=C\CCCCCCCC(=O)OC(COC(=O)CCCCCCC/C=C\CCCCCC)COC(=O)CCCCCCCCCCCCCCCCCCCCCCCCCCCC. The number of unbranched alkanes of at least 4 members (excludes halogenated alkanes) is 39. The van der Waals surface area contributed by atoms with Crippen molar-refractivity contribution in [3.63, 3.8) is 0 Å². The minimum atomic E-state index is -0.789. The van der Waals surface area contributed by atoms with Gasteiger partial charge in [0.05, 0.1) is 0 Å². The molecule has 0 aliphatic rings. The first-order chi connectivity index (χ1) is 38.5. The number of esters is 3. The van der Waals surface area contributed by atoms with E-state index in [2.05, 4.69) is 93.7 Å². The second-order valence-corrected chi connectivity index (χ2v) is 22.7. The van der Waals surface area contributed by atoms with Crippen molar-refractivity contribution in [2.75, 3.05) is 13.2 Å². The van der Waals surface area contributed by atoms with Gasteiger partial charge in [-0.15, -0.1) is 0 Å². The molecule has 0 rings (SSSR count). The number of allylic oxidation sites excluding steroid dienone is 12. The molecule has 6 heteroatoms. The van der Waals surface area contributed by atoms with Crippen LogP contribution in [0.3, 0.4) is 0 Å². The van der Waals surface area contributed by atoms with E-state index in [9.17, 15) is 14.4 Å². The summed E-state index contributed by atoms with van der Waals surface area (Å²) in [6, 6.07) is 0. The number of hydrogen-bond donors (Lipinski definition) is 0. The zero-order valence-corrected chi connectivity index (χ0v) is 51.9. The van der Waals surface area contributed by atoms with E-state index in [1.54, 1.807) is 0 Å². The summed E-state index contributed by atoms with van der Waals surface area (Å²) in [5, 5.41) is 0. The third kappa shape index (κ3) is 63.7. The molecule has 0 aliphatic heterocycles. The number of hydrogen-bond acceptors (Lipinski definition) is 6. The van der Waals surface area contributed by atoms with Crippen molar-refractivity contribution in [1.29, 1.82) is 0 Å². The maximum atomic E-state index is 12.9. The average molecular weight is 1090 g/mol. The van der Waals surface area contributed by atoms with Gasteiger partial charge in [-0.1, -0.05) is 312 Å². The van der Waals surface area contributed by atoms with Crippen LogP contribution in [0.25, 0.3) is 0 Å². The highest BCUT2D eigenvalue weighted by molar-refractivity contribution is 5.71. The molecule has 0 amide bonds. The Morgan fingerprint density at radius 1 is 0.269 bits per heavy atom. The number of ether oxygens (including phenoxy) is 3. The minimum Gasteiger partial charge on any atom is -0.462 e. The van der Waals surface area contributed by atoms with Crippen LogP contribution in [0.5, 0.6) is 0 Å². The summed E-state index contributed by atoms with van der Waals surface area (Å²) in [6.07, 6.45) is 86.4. The Morgan fingerprint density at radius 3 is 0.808 bits per heavy atom. The van der Waals surface area contributed by atoms with Crippen LogP contribution < -0.4 is 0 Å². The van der Waals surface area contributed by atoms with Crippen LogP contribution >= 0.6 is 0 Å². The molecule has 0 aromatic heterocycles. The lowest BCUT2D eigenvalue weighted by atomic mass is 10.0. The molecule has 0 radical (unpaired) electrons. The highest BCUT2D eigenvalue weighted by atomic mass is 16.6. The van der Waals surface area contributed by atoms with Gasteiger partial charge in [0, 0.05) is 19.3 Å². The van der Waals surface area contributed by atoms with Gasteiger partial charge in [-0.3, -0.25) is 14.4 Å². The third-order valence-electron chi connectivity index (χ3n) is 14.9. The zero-order chi connectivity index (χ0) is 56.4. The molecular weight excluding hydrogens is 961 g/mol. The van der Waals surface area contributed by atoms with E-state index in [1.807, 2.05) is 0 Å². The van der Waals surface area contributed by atoms with E-state index in [0.29, 0.717) is 19.3 Å². The molecule has 1 unspecified atom stereocenters. The molecule has 0 heterocycles. The standard InChI is InChI=1S/C72H128O6/c1-4-7-10-13-16-19-22-25-27-29-31-33-34-35-36-37-39-40-42-44-47-50-53-56-59-62-65-71(74)77-68-69(67-76-70(73)64-61-58-55-52-49-46-24-21-18-15-12-9-6-3)78-72(75)66-63-60-57-54-51-48-45-43-41-38-32-30-28-26-23-20-17-14-11-8-5-2/h8,11,17,20-21,24,26,28,32,38,43,45,69H,4-7,9-10,12-16,18-19,22-23,25,27,29-31,33-37,39-42,44,46-68H2,1-3H3/b11-8-,20-17-,24-21-,28-26-,38-32-,45-43-. The molecule has 0 spiro atoms. The summed E-state index contributed by atoms with van der Waals surface area (Å²) in [5.74, 6) is -0.894. The molecule has 0 fully saturated rings. The van der Waals surface area contributed by atoms with E-state index in [-0.39, 0.29) is 31.1 Å². The normalized spacial score (nSPS) is 12.5. The summed E-state index contributed by atoms with van der Waals surface area (Å²) in [7, 11) is 0. The lowest BCUT2D eigenvalue weighted by Gasteiger charge is -2.18. The first-order valence-corrected chi connectivity index (χ1v) is 33.9. The van der Waals surface area contributed by atoms with Crippen LogP contribution in [0.2, 0.25) is 0 Å². The molecule has 0 saturated heterocycles. The second kappa shape index (κ2) is 66.4. The molecular formula is C72H128O6. The quantitative estimate of drug-likeness (QED) is 0.0261. The maximum absolute atomic E-state index is 12.9. The molecule has 78 heavy (non-hydrogen) atoms. The monoisotopic (exact) mass is 1090 g/mol. The highest BCUT2D eigenvalue weighted by Gasteiger charge is 2.19. The second-order valence-electron chi connectivity index (χ2n) is 22.7. The average Bonchev–Trinajstić information content (AvgIpc) is 3.44. The Hall–Kier alpha value is -3.15. The fourth-order valence-corrected chi connectivity index (χ4v) is 9.88. The topological polar surface area (TPSA) is 78.9 Å². The van der Waals surface area contributed by atoms with Crippen molar-refractivity contribution < 1.29 is 28.6 Å². The summed E-state index contributed by atoms with van der Waals surface area (Å²) >= 11 is 0. The van der Waals surface area contributed by atoms with Crippen LogP contribution in [0.15, 0.2) is 72.9 Å². The largest absolute Gasteiger partial charge is 0.462 e. The van der Waals surface area contributed by atoms with Crippen molar-refractivity contribution in [3.05, 3.63) is 72.9 Å². The van der Waals surface area contributed by atoms with Crippen LogP contribution in [0.4, 0.5) is 0 Å². The lowest BCUT2D eigenvalue weighted by molar-refractivity contribution is -0.167. The molecule has 0 aromatic carbocycles. The number of carbonyl (C=O) groups excluding carboxylic acids is 3. The van der Waals surface area contributed by atoms with Gasteiger partial charge in [0.25, 0.3) is 0 Å². The summed E-state index contributed by atoms with van der Waals surface area (Å²) in [5.41, 5.74) is 0. The molecule has 0 aliphatic carbocycles. The van der Waals surface area contributed by atoms with E-state index in [4.69, 9.17) is 14.2 Å². The fourth-order valence-electron chi connectivity index (χ4n) is 9.88. The first kappa shape index (κ1) is 74.8. The van der Waals surface area contributed by atoms with Crippen molar-refractivity contribution in [2.24, 2.45) is 0 Å². The Bertz CT molecular complexity index is 1440. The molecule has 452 valence electrons. The van der Waals surface area contributed by atoms with Gasteiger partial charge < -0.3 is 14.2 Å². The van der Waals surface area contributed by atoms with Crippen molar-refractivity contribution in [1.82, 2.24) is 0 Å². The molecule has 0 aromatic rings. The van der Waals surface area contributed by atoms with Crippen LogP contribution in [0.1, 0.15) is 348 Å². The smallest absolute Gasteiger partial charge is 0.306 e. The van der Waals surface area contributed by atoms with Gasteiger partial charge in [0.15, 0.2) is 6.10 Å². The maximum Gasteiger partial charge on any atom is 0.306 e. The third-order valence-corrected chi connectivity index (χ3v) is 14.9. The number of rotatable bonds is 62. The molecule has 6 nitrogen and oxygen atoms in total. The zero-order valence-electron chi connectivity index (χ0n) is 51.9. The van der Waals surface area contributed by atoms with Crippen molar-refractivity contribution >= 4 is 17.9 Å². The molecule has 0 N–H and O–H groups in total. The van der Waals surface area contributed by atoms with Crippen LogP contribution in [-0.4, -0.2) is 37.2 Å². The van der Waals surface area contributed by atoms with E-state index >= 15 is 0 Å². The summed E-state index contributed by atoms with van der Waals surface area (Å²) in [4.78, 5) is 38.4. The molecule has 1 atom stereocenters. The summed E-state index contributed by atoms with van der Waals surface area (Å²) in [6.45, 7) is 6.54. The predicted molar refractivity (Wildman–Crippen MR) is 339 cm³/mol. The molecule has 0 bridgehead atoms. The van der Waals surface area contributed by atoms with Crippen molar-refractivity contribution in [2.45, 2.75) is 354 Å². The van der Waals surface area contributed by atoms with E-state index in [0.717, 1.165) is 116 Å². The van der Waals surface area contributed by atoms with E-state index < -0.39 is 6.10 Å². The lowest BCUT2D eigenvalue weighted by Crippen LogP contribution is -2.30. The van der Waals surface area contributed by atoms with Gasteiger partial charge in [0.2, 0.25) is 0 Å². The van der Waals surface area contributed by atoms with Gasteiger partial charge in [0.1, 0.15) is 13.2 Å². The van der Waals surface area contributed by atoms with E-state index in [1.165, 1.54) is 193 Å². The van der Waals surface area contributed by atoms with Gasteiger partial charge in [-0.05, 0) is 89.9 Å². The Kier molecular flexibility index (Phi) is 63.7. The van der Waals surface area contributed by atoms with Crippen LogP contribution in [0, 0.1) is 0 Å². The predicted octanol–water partition coefficient (Wildman–Crippen LogP) is 23.3. The minimum absolute atomic E-state index is 0.0830. The summed E-state index contributed by atoms with van der Waals surface area (Å²) < 4.78 is 16.9. The van der Waals surface area contributed by atoms with Gasteiger partial charge in [-0.25, -0.2) is 0 Å².